The molecule has 1 saturated heterocycles. The van der Waals surface area contributed by atoms with Gasteiger partial charge < -0.3 is 9.64 Å². The van der Waals surface area contributed by atoms with Gasteiger partial charge in [0, 0.05) is 56.3 Å². The van der Waals surface area contributed by atoms with Crippen LogP contribution in [0, 0.1) is 5.92 Å². The number of nitrogens with zero attached hydrogens (tertiary/aromatic N) is 3. The highest BCUT2D eigenvalue weighted by Gasteiger charge is 2.44. The molecular formula is C24H27N3O3. The molecule has 1 amide bonds. The summed E-state index contributed by atoms with van der Waals surface area (Å²) in [7, 11) is 1.68. The van der Waals surface area contributed by atoms with Gasteiger partial charge in [0.2, 0.25) is 5.91 Å². The van der Waals surface area contributed by atoms with Crippen molar-refractivity contribution >= 4 is 5.91 Å². The number of likely N-dealkylation sites (tertiary alicyclic amines) is 1. The first-order valence-corrected chi connectivity index (χ1v) is 10.6. The van der Waals surface area contributed by atoms with Crippen LogP contribution in [0.25, 0.3) is 0 Å². The van der Waals surface area contributed by atoms with Crippen molar-refractivity contribution in [3.63, 3.8) is 0 Å². The number of hydrogen-bond acceptors (Lipinski definition) is 4. The number of carbonyl (C=O) groups excluding carboxylic acids is 1. The molecule has 1 aromatic heterocycles. The number of rotatable bonds is 4. The van der Waals surface area contributed by atoms with Crippen molar-refractivity contribution in [1.29, 1.82) is 0 Å². The van der Waals surface area contributed by atoms with E-state index in [1.54, 1.807) is 17.7 Å². The lowest BCUT2D eigenvalue weighted by atomic mass is 9.78. The molecule has 6 nitrogen and oxygen atoms in total. The van der Waals surface area contributed by atoms with Crippen LogP contribution in [0.4, 0.5) is 0 Å². The van der Waals surface area contributed by atoms with Gasteiger partial charge in [-0.15, -0.1) is 0 Å². The van der Waals surface area contributed by atoms with Gasteiger partial charge in [0.15, 0.2) is 0 Å². The van der Waals surface area contributed by atoms with E-state index in [1.807, 2.05) is 41.3 Å². The van der Waals surface area contributed by atoms with Crippen LogP contribution in [0.5, 0.6) is 5.75 Å². The Labute approximate surface area is 176 Å². The summed E-state index contributed by atoms with van der Waals surface area (Å²) in [5.74, 6) is 1.33. The first-order chi connectivity index (χ1) is 14.6. The van der Waals surface area contributed by atoms with Gasteiger partial charge in [-0.1, -0.05) is 30.4 Å². The van der Waals surface area contributed by atoms with Crippen LogP contribution in [0.3, 0.4) is 0 Å². The van der Waals surface area contributed by atoms with Crippen molar-refractivity contribution in [3.8, 4) is 5.75 Å². The molecule has 4 heterocycles. The molecule has 2 aromatic rings. The van der Waals surface area contributed by atoms with Gasteiger partial charge in [-0.25, -0.2) is 0 Å². The van der Waals surface area contributed by atoms with Crippen LogP contribution in [-0.2, 0) is 11.3 Å². The van der Waals surface area contributed by atoms with Crippen molar-refractivity contribution in [2.24, 2.45) is 5.92 Å². The van der Waals surface area contributed by atoms with Gasteiger partial charge in [-0.3, -0.25) is 19.1 Å². The summed E-state index contributed by atoms with van der Waals surface area (Å²) >= 11 is 0. The normalized spacial score (nSPS) is 25.2. The minimum atomic E-state index is -0.419. The van der Waals surface area contributed by atoms with Crippen LogP contribution in [0.15, 0.2) is 59.4 Å². The predicted molar refractivity (Wildman–Crippen MR) is 115 cm³/mol. The van der Waals surface area contributed by atoms with Crippen molar-refractivity contribution in [2.45, 2.75) is 24.9 Å². The number of fused-ring (bicyclic) bond motifs is 4. The number of methoxy groups -OCH3 is 1. The SMILES string of the molecule is COc1cccc(CN2C[C@H]3C[C@@H](C2)[C@H](C(=O)N2CC=CC2)n2c3cccc2=O)c1. The van der Waals surface area contributed by atoms with E-state index in [1.165, 1.54) is 5.56 Å². The number of amides is 1. The second kappa shape index (κ2) is 7.76. The maximum Gasteiger partial charge on any atom is 0.251 e. The van der Waals surface area contributed by atoms with E-state index in [9.17, 15) is 9.59 Å². The van der Waals surface area contributed by atoms with E-state index >= 15 is 0 Å². The number of hydrogen-bond donors (Lipinski definition) is 0. The second-order valence-corrected chi connectivity index (χ2v) is 8.56. The summed E-state index contributed by atoms with van der Waals surface area (Å²) in [6.45, 7) is 3.79. The summed E-state index contributed by atoms with van der Waals surface area (Å²) in [5, 5.41) is 0. The van der Waals surface area contributed by atoms with E-state index in [-0.39, 0.29) is 23.3 Å². The Bertz CT molecular complexity index is 1040. The van der Waals surface area contributed by atoms with Crippen molar-refractivity contribution in [2.75, 3.05) is 33.3 Å². The molecule has 5 rings (SSSR count). The Morgan fingerprint density at radius 3 is 2.70 bits per heavy atom. The van der Waals surface area contributed by atoms with Gasteiger partial charge in [-0.2, -0.15) is 0 Å². The Kier molecular flexibility index (Phi) is 4.95. The van der Waals surface area contributed by atoms with Crippen LogP contribution in [-0.4, -0.2) is 53.6 Å². The summed E-state index contributed by atoms with van der Waals surface area (Å²) in [4.78, 5) is 30.6. The Hall–Kier alpha value is -2.86. The average Bonchev–Trinajstić information content (AvgIpc) is 3.29. The van der Waals surface area contributed by atoms with E-state index in [2.05, 4.69) is 17.0 Å². The number of ether oxygens (including phenoxy) is 1. The number of piperidine rings is 1. The maximum absolute atomic E-state index is 13.5. The van der Waals surface area contributed by atoms with Crippen LogP contribution >= 0.6 is 0 Å². The highest BCUT2D eigenvalue weighted by Crippen LogP contribution is 2.42. The van der Waals surface area contributed by atoms with Crippen molar-refractivity contribution in [3.05, 3.63) is 76.2 Å². The minimum absolute atomic E-state index is 0.0612. The molecule has 3 aliphatic heterocycles. The fourth-order valence-corrected chi connectivity index (χ4v) is 5.35. The molecule has 156 valence electrons. The van der Waals surface area contributed by atoms with Gasteiger partial charge in [-0.05, 0) is 30.2 Å². The second-order valence-electron chi connectivity index (χ2n) is 8.56. The molecule has 0 aliphatic carbocycles. The standard InChI is InChI=1S/C24H27N3O3/c1-30-20-7-4-6-17(12-20)14-25-15-18-13-19(16-25)23(24(29)26-10-2-3-11-26)27-21(18)8-5-9-22(27)28/h2-9,12,18-19,23H,10-11,13-16H2,1H3/t18-,19+,23-/m1/s1. The predicted octanol–water partition coefficient (Wildman–Crippen LogP) is 2.42. The zero-order valence-corrected chi connectivity index (χ0v) is 17.2. The number of carbonyl (C=O) groups is 1. The molecule has 2 bridgehead atoms. The maximum atomic E-state index is 13.5. The van der Waals surface area contributed by atoms with Crippen LogP contribution < -0.4 is 10.3 Å². The minimum Gasteiger partial charge on any atom is -0.497 e. The molecule has 0 saturated carbocycles. The van der Waals surface area contributed by atoms with Crippen LogP contribution in [0.1, 0.15) is 29.6 Å². The smallest absolute Gasteiger partial charge is 0.251 e. The summed E-state index contributed by atoms with van der Waals surface area (Å²) in [6.07, 6.45) is 5.00. The average molecular weight is 405 g/mol. The van der Waals surface area contributed by atoms with Gasteiger partial charge in [0.25, 0.3) is 5.56 Å². The number of benzene rings is 1. The molecule has 0 unspecified atom stereocenters. The molecule has 0 radical (unpaired) electrons. The molecule has 3 aliphatic rings. The summed E-state index contributed by atoms with van der Waals surface area (Å²) in [5.41, 5.74) is 2.14. The zero-order valence-electron chi connectivity index (χ0n) is 17.2. The van der Waals surface area contributed by atoms with Gasteiger partial charge in [0.05, 0.1) is 7.11 Å². The Morgan fingerprint density at radius 1 is 1.10 bits per heavy atom. The van der Waals surface area contributed by atoms with Crippen molar-refractivity contribution < 1.29 is 9.53 Å². The molecule has 6 heteroatoms. The number of aromatic nitrogens is 1. The molecule has 0 N–H and O–H groups in total. The van der Waals surface area contributed by atoms with Gasteiger partial charge in [0.1, 0.15) is 11.8 Å². The summed E-state index contributed by atoms with van der Waals surface area (Å²) in [6, 6.07) is 13.2. The third kappa shape index (κ3) is 3.35. The topological polar surface area (TPSA) is 54.8 Å². The van der Waals surface area contributed by atoms with E-state index in [0.717, 1.165) is 37.5 Å². The van der Waals surface area contributed by atoms with E-state index in [0.29, 0.717) is 13.1 Å². The fourth-order valence-electron chi connectivity index (χ4n) is 5.35. The molecule has 3 atom stereocenters. The number of pyridine rings is 1. The Morgan fingerprint density at radius 2 is 1.90 bits per heavy atom. The zero-order chi connectivity index (χ0) is 20.7. The third-order valence-corrected chi connectivity index (χ3v) is 6.65. The lowest BCUT2D eigenvalue weighted by Gasteiger charge is -2.47. The fraction of sp³-hybridized carbons (Fsp3) is 0.417. The highest BCUT2D eigenvalue weighted by molar-refractivity contribution is 5.82. The Balaban J connectivity index is 1.46. The molecule has 30 heavy (non-hydrogen) atoms. The van der Waals surface area contributed by atoms with E-state index < -0.39 is 6.04 Å². The monoisotopic (exact) mass is 405 g/mol. The third-order valence-electron chi connectivity index (χ3n) is 6.65. The molecule has 1 fully saturated rings. The summed E-state index contributed by atoms with van der Waals surface area (Å²) < 4.78 is 7.17. The lowest BCUT2D eigenvalue weighted by molar-refractivity contribution is -0.137. The first kappa shape index (κ1) is 19.1. The molecule has 1 aromatic carbocycles. The van der Waals surface area contributed by atoms with Crippen LogP contribution in [0.2, 0.25) is 0 Å². The first-order valence-electron chi connectivity index (χ1n) is 10.6. The van der Waals surface area contributed by atoms with Gasteiger partial charge >= 0.3 is 0 Å². The highest BCUT2D eigenvalue weighted by atomic mass is 16.5. The molecule has 0 spiro atoms. The largest absolute Gasteiger partial charge is 0.497 e. The molecular weight excluding hydrogens is 378 g/mol. The quantitative estimate of drug-likeness (QED) is 0.733. The van der Waals surface area contributed by atoms with Crippen molar-refractivity contribution in [1.82, 2.24) is 14.4 Å². The lowest BCUT2D eigenvalue weighted by Crippen LogP contribution is -2.53. The van der Waals surface area contributed by atoms with E-state index in [4.69, 9.17) is 4.74 Å².